The molecular weight excluding hydrogens is 413 g/mol. The van der Waals surface area contributed by atoms with Crippen LogP contribution in [0.15, 0.2) is 51.4 Å². The Morgan fingerprint density at radius 3 is 2.10 bits per heavy atom. The normalized spacial score (nSPS) is 13.2. The second-order valence-corrected chi connectivity index (χ2v) is 6.26. The maximum Gasteiger partial charge on any atom is 0.416 e. The molecule has 112 valence electrons. The Labute approximate surface area is 136 Å². The smallest absolute Gasteiger partial charge is 0.271 e. The lowest BCUT2D eigenvalue weighted by Crippen LogP contribution is -2.29. The van der Waals surface area contributed by atoms with Crippen molar-refractivity contribution in [2.75, 3.05) is 0 Å². The molecule has 0 spiro atoms. The Balaban J connectivity index is 2.46. The predicted molar refractivity (Wildman–Crippen MR) is 82.5 cm³/mol. The molecule has 1 atom stereocenters. The zero-order valence-corrected chi connectivity index (χ0v) is 13.8. The third kappa shape index (κ3) is 4.06. The van der Waals surface area contributed by atoms with E-state index >= 15 is 0 Å². The highest BCUT2D eigenvalue weighted by molar-refractivity contribution is 9.11. The van der Waals surface area contributed by atoms with Gasteiger partial charge in [0.15, 0.2) is 0 Å². The number of hydrogen-bond acceptors (Lipinski definition) is 2. The molecule has 0 aliphatic heterocycles. The van der Waals surface area contributed by atoms with Crippen molar-refractivity contribution in [3.05, 3.63) is 68.1 Å². The van der Waals surface area contributed by atoms with Gasteiger partial charge >= 0.3 is 6.18 Å². The number of nitrogens with two attached hydrogens (primary N) is 1. The lowest BCUT2D eigenvalue weighted by Gasteiger charge is -2.19. The largest absolute Gasteiger partial charge is 0.416 e. The number of hydrogen-bond donors (Lipinski definition) is 2. The minimum Gasteiger partial charge on any atom is -0.271 e. The minimum atomic E-state index is -4.38. The van der Waals surface area contributed by atoms with E-state index in [1.807, 2.05) is 6.07 Å². The third-order valence-corrected chi connectivity index (χ3v) is 3.85. The van der Waals surface area contributed by atoms with Gasteiger partial charge in [-0.05, 0) is 41.5 Å². The second-order valence-electron chi connectivity index (χ2n) is 4.43. The summed E-state index contributed by atoms with van der Waals surface area (Å²) in [6, 6.07) is 10.0. The van der Waals surface area contributed by atoms with Crippen molar-refractivity contribution in [1.29, 1.82) is 0 Å². The third-order valence-electron chi connectivity index (χ3n) is 2.93. The van der Waals surface area contributed by atoms with Gasteiger partial charge < -0.3 is 0 Å². The number of alkyl halides is 3. The molecule has 0 aliphatic rings. The monoisotopic (exact) mass is 422 g/mol. The molecule has 0 bridgehead atoms. The summed E-state index contributed by atoms with van der Waals surface area (Å²) in [6.45, 7) is 0. The molecule has 21 heavy (non-hydrogen) atoms. The number of hydrazine groups is 1. The van der Waals surface area contributed by atoms with Gasteiger partial charge in [-0.25, -0.2) is 5.43 Å². The van der Waals surface area contributed by atoms with E-state index in [9.17, 15) is 13.2 Å². The number of halogens is 5. The fourth-order valence-corrected chi connectivity index (χ4v) is 3.35. The highest BCUT2D eigenvalue weighted by Crippen LogP contribution is 2.33. The van der Waals surface area contributed by atoms with Crippen molar-refractivity contribution in [3.8, 4) is 0 Å². The number of benzene rings is 2. The van der Waals surface area contributed by atoms with Gasteiger partial charge in [-0.3, -0.25) is 5.84 Å². The van der Waals surface area contributed by atoms with Crippen LogP contribution in [0.2, 0.25) is 0 Å². The average Bonchev–Trinajstić information content (AvgIpc) is 2.38. The molecule has 0 saturated carbocycles. The molecular formula is C14H11Br2F3N2. The number of rotatable bonds is 3. The number of nitrogens with one attached hydrogen (secondary N) is 1. The van der Waals surface area contributed by atoms with Gasteiger partial charge in [0.05, 0.1) is 11.6 Å². The van der Waals surface area contributed by atoms with Crippen molar-refractivity contribution >= 4 is 31.9 Å². The summed E-state index contributed by atoms with van der Waals surface area (Å²) in [5.74, 6) is 5.53. The molecule has 2 aromatic rings. The van der Waals surface area contributed by atoms with Crippen molar-refractivity contribution in [2.24, 2.45) is 5.84 Å². The van der Waals surface area contributed by atoms with Crippen LogP contribution in [-0.2, 0) is 6.18 Å². The quantitative estimate of drug-likeness (QED) is 0.550. The topological polar surface area (TPSA) is 38.0 Å². The van der Waals surface area contributed by atoms with Gasteiger partial charge in [-0.2, -0.15) is 13.2 Å². The highest BCUT2D eigenvalue weighted by atomic mass is 79.9. The summed E-state index contributed by atoms with van der Waals surface area (Å²) in [5.41, 5.74) is 3.05. The van der Waals surface area contributed by atoms with Crippen LogP contribution in [0, 0.1) is 0 Å². The molecule has 0 heterocycles. The zero-order valence-electron chi connectivity index (χ0n) is 10.6. The van der Waals surface area contributed by atoms with E-state index < -0.39 is 17.8 Å². The molecule has 0 aromatic heterocycles. The minimum absolute atomic E-state index is 0.442. The summed E-state index contributed by atoms with van der Waals surface area (Å²) >= 11 is 6.70. The SMILES string of the molecule is NNC(c1cc(Br)cc(Br)c1)c1cccc(C(F)(F)F)c1. The molecule has 0 radical (unpaired) electrons. The highest BCUT2D eigenvalue weighted by Gasteiger charge is 2.31. The maximum absolute atomic E-state index is 12.8. The predicted octanol–water partition coefficient (Wildman–Crippen LogP) is 4.78. The van der Waals surface area contributed by atoms with Crippen LogP contribution in [0.3, 0.4) is 0 Å². The molecule has 7 heteroatoms. The molecule has 1 unspecified atom stereocenters. The van der Waals surface area contributed by atoms with Crippen LogP contribution >= 0.6 is 31.9 Å². The molecule has 2 rings (SSSR count). The van der Waals surface area contributed by atoms with E-state index in [4.69, 9.17) is 5.84 Å². The van der Waals surface area contributed by atoms with E-state index in [-0.39, 0.29) is 0 Å². The van der Waals surface area contributed by atoms with Gasteiger partial charge in [0.25, 0.3) is 0 Å². The lowest BCUT2D eigenvalue weighted by molar-refractivity contribution is -0.137. The Kier molecular flexibility index (Phi) is 5.08. The van der Waals surface area contributed by atoms with E-state index in [0.29, 0.717) is 5.56 Å². The molecule has 3 N–H and O–H groups in total. The first-order valence-corrected chi connectivity index (χ1v) is 7.49. The Morgan fingerprint density at radius 1 is 0.952 bits per heavy atom. The molecule has 0 fully saturated rings. The summed E-state index contributed by atoms with van der Waals surface area (Å²) < 4.78 is 40.0. The van der Waals surface area contributed by atoms with Crippen LogP contribution in [0.4, 0.5) is 13.2 Å². The van der Waals surface area contributed by atoms with Gasteiger partial charge in [0, 0.05) is 8.95 Å². The first-order chi connectivity index (χ1) is 9.81. The summed E-state index contributed by atoms with van der Waals surface area (Å²) in [4.78, 5) is 0. The van der Waals surface area contributed by atoms with Crippen LogP contribution in [0.1, 0.15) is 22.7 Å². The lowest BCUT2D eigenvalue weighted by atomic mass is 9.97. The fourth-order valence-electron chi connectivity index (χ4n) is 2.02. The summed E-state index contributed by atoms with van der Waals surface area (Å²) in [5, 5.41) is 0. The molecule has 0 amide bonds. The molecule has 2 aromatic carbocycles. The van der Waals surface area contributed by atoms with E-state index in [1.54, 1.807) is 18.2 Å². The first kappa shape index (κ1) is 16.5. The second kappa shape index (κ2) is 6.48. The van der Waals surface area contributed by atoms with Gasteiger partial charge in [0.1, 0.15) is 0 Å². The fraction of sp³-hybridized carbons (Fsp3) is 0.143. The van der Waals surface area contributed by atoms with E-state index in [0.717, 1.165) is 26.6 Å². The van der Waals surface area contributed by atoms with Crippen LogP contribution in [0.5, 0.6) is 0 Å². The Hall–Kier alpha value is -0.890. The van der Waals surface area contributed by atoms with Crippen LogP contribution < -0.4 is 11.3 Å². The maximum atomic E-state index is 12.8. The summed E-state index contributed by atoms with van der Waals surface area (Å²) in [7, 11) is 0. The Bertz CT molecular complexity index is 624. The zero-order chi connectivity index (χ0) is 15.6. The average molecular weight is 424 g/mol. The van der Waals surface area contributed by atoms with Gasteiger partial charge in [0.2, 0.25) is 0 Å². The molecule has 0 saturated heterocycles. The van der Waals surface area contributed by atoms with Crippen LogP contribution in [0.25, 0.3) is 0 Å². The van der Waals surface area contributed by atoms with Crippen molar-refractivity contribution in [3.63, 3.8) is 0 Å². The Morgan fingerprint density at radius 2 is 1.57 bits per heavy atom. The first-order valence-electron chi connectivity index (χ1n) is 5.90. The standard InChI is InChI=1S/C14H11Br2F3N2/c15-11-5-9(6-12(16)7-11)13(21-20)8-2-1-3-10(4-8)14(17,18)19/h1-7,13,21H,20H2. The molecule has 0 aliphatic carbocycles. The van der Waals surface area contributed by atoms with E-state index in [1.165, 1.54) is 6.07 Å². The van der Waals surface area contributed by atoms with Gasteiger partial charge in [-0.1, -0.05) is 44.0 Å². The van der Waals surface area contributed by atoms with Crippen molar-refractivity contribution in [1.82, 2.24) is 5.43 Å². The summed E-state index contributed by atoms with van der Waals surface area (Å²) in [6.07, 6.45) is -4.38. The van der Waals surface area contributed by atoms with E-state index in [2.05, 4.69) is 37.3 Å². The van der Waals surface area contributed by atoms with Crippen molar-refractivity contribution < 1.29 is 13.2 Å². The van der Waals surface area contributed by atoms with Crippen LogP contribution in [-0.4, -0.2) is 0 Å². The van der Waals surface area contributed by atoms with Crippen molar-refractivity contribution in [2.45, 2.75) is 12.2 Å². The molecule has 2 nitrogen and oxygen atoms in total. The van der Waals surface area contributed by atoms with Gasteiger partial charge in [-0.15, -0.1) is 0 Å².